The molecular weight excluding hydrogens is 262 g/mol. The number of nitrogen functional groups attached to an aromatic ring is 1. The molecule has 0 atom stereocenters. The summed E-state index contributed by atoms with van der Waals surface area (Å²) in [5.74, 6) is 1.12. The predicted molar refractivity (Wildman–Crippen MR) is 83.6 cm³/mol. The van der Waals surface area contributed by atoms with Gasteiger partial charge in [0.2, 0.25) is 0 Å². The van der Waals surface area contributed by atoms with Crippen molar-refractivity contribution in [3.05, 3.63) is 47.8 Å². The zero-order valence-corrected chi connectivity index (χ0v) is 12.3. The summed E-state index contributed by atoms with van der Waals surface area (Å²) in [6.45, 7) is 3.93. The summed E-state index contributed by atoms with van der Waals surface area (Å²) in [5, 5.41) is 4.24. The number of aromatic nitrogens is 4. The van der Waals surface area contributed by atoms with Gasteiger partial charge in [-0.05, 0) is 13.8 Å². The van der Waals surface area contributed by atoms with Gasteiger partial charge in [0.15, 0.2) is 5.82 Å². The van der Waals surface area contributed by atoms with Crippen LogP contribution in [0.25, 0.3) is 22.6 Å². The van der Waals surface area contributed by atoms with E-state index in [1.165, 1.54) is 0 Å². The molecule has 106 valence electrons. The van der Waals surface area contributed by atoms with Gasteiger partial charge in [0.25, 0.3) is 0 Å². The van der Waals surface area contributed by atoms with Crippen molar-refractivity contribution < 1.29 is 0 Å². The largest absolute Gasteiger partial charge is 0.383 e. The van der Waals surface area contributed by atoms with Crippen LogP contribution < -0.4 is 5.73 Å². The zero-order chi connectivity index (χ0) is 15.0. The van der Waals surface area contributed by atoms with E-state index in [9.17, 15) is 0 Å². The van der Waals surface area contributed by atoms with Gasteiger partial charge >= 0.3 is 0 Å². The van der Waals surface area contributed by atoms with Gasteiger partial charge in [0.1, 0.15) is 5.82 Å². The molecule has 0 radical (unpaired) electrons. The minimum absolute atomic E-state index is 0.502. The van der Waals surface area contributed by atoms with E-state index in [-0.39, 0.29) is 0 Å². The second kappa shape index (κ2) is 5.01. The molecule has 0 fully saturated rings. The molecule has 2 N–H and O–H groups in total. The summed E-state index contributed by atoms with van der Waals surface area (Å²) in [5.41, 5.74) is 10.8. The first-order chi connectivity index (χ1) is 10.1. The molecule has 0 aliphatic rings. The predicted octanol–water partition coefficient (Wildman–Crippen LogP) is 2.74. The molecule has 21 heavy (non-hydrogen) atoms. The molecule has 0 amide bonds. The summed E-state index contributed by atoms with van der Waals surface area (Å²) in [7, 11) is 1.90. The molecule has 0 bridgehead atoms. The lowest BCUT2D eigenvalue weighted by Crippen LogP contribution is -2.03. The summed E-state index contributed by atoms with van der Waals surface area (Å²) in [6.07, 6.45) is 1.77. The van der Waals surface area contributed by atoms with Crippen LogP contribution in [0.3, 0.4) is 0 Å². The first-order valence-corrected chi connectivity index (χ1v) is 6.76. The first kappa shape index (κ1) is 13.3. The Morgan fingerprint density at radius 2 is 1.76 bits per heavy atom. The van der Waals surface area contributed by atoms with Crippen LogP contribution in [-0.4, -0.2) is 19.7 Å². The van der Waals surface area contributed by atoms with Gasteiger partial charge < -0.3 is 5.73 Å². The van der Waals surface area contributed by atoms with Crippen molar-refractivity contribution in [2.75, 3.05) is 5.73 Å². The summed E-state index contributed by atoms with van der Waals surface area (Å²) in [6, 6.07) is 10.0. The van der Waals surface area contributed by atoms with Crippen LogP contribution in [0.4, 0.5) is 5.82 Å². The quantitative estimate of drug-likeness (QED) is 0.783. The van der Waals surface area contributed by atoms with Gasteiger partial charge in [-0.3, -0.25) is 4.68 Å². The molecule has 0 unspecified atom stereocenters. The van der Waals surface area contributed by atoms with Gasteiger partial charge in [-0.1, -0.05) is 30.3 Å². The van der Waals surface area contributed by atoms with E-state index in [2.05, 4.69) is 10.1 Å². The highest BCUT2D eigenvalue weighted by molar-refractivity contribution is 5.71. The maximum Gasteiger partial charge on any atom is 0.165 e. The van der Waals surface area contributed by atoms with Crippen LogP contribution in [-0.2, 0) is 7.05 Å². The minimum atomic E-state index is 0.502. The number of anilines is 1. The van der Waals surface area contributed by atoms with Gasteiger partial charge in [-0.15, -0.1) is 0 Å². The summed E-state index contributed by atoms with van der Waals surface area (Å²) in [4.78, 5) is 9.12. The topological polar surface area (TPSA) is 69.6 Å². The van der Waals surface area contributed by atoms with E-state index in [1.54, 1.807) is 10.9 Å². The molecule has 0 aliphatic heterocycles. The van der Waals surface area contributed by atoms with E-state index in [4.69, 9.17) is 10.7 Å². The second-order valence-electron chi connectivity index (χ2n) is 5.04. The van der Waals surface area contributed by atoms with E-state index < -0.39 is 0 Å². The van der Waals surface area contributed by atoms with Crippen molar-refractivity contribution in [1.82, 2.24) is 19.7 Å². The molecule has 5 nitrogen and oxygen atoms in total. The Morgan fingerprint density at radius 3 is 2.38 bits per heavy atom. The standard InChI is InChI=1S/C16H17N5/c1-10-14(12-7-5-4-6-8-12)19-16(20-15(10)17)13-9-18-21(3)11(13)2/h4-9H,1-3H3,(H2,17,19,20). The van der Waals surface area contributed by atoms with Gasteiger partial charge in [-0.25, -0.2) is 9.97 Å². The van der Waals surface area contributed by atoms with Gasteiger partial charge in [0.05, 0.1) is 17.5 Å². The number of hydrogen-bond donors (Lipinski definition) is 1. The van der Waals surface area contributed by atoms with E-state index in [1.807, 2.05) is 51.2 Å². The van der Waals surface area contributed by atoms with Crippen LogP contribution in [0.2, 0.25) is 0 Å². The lowest BCUT2D eigenvalue weighted by molar-refractivity contribution is 0.740. The zero-order valence-electron chi connectivity index (χ0n) is 12.3. The third-order valence-electron chi connectivity index (χ3n) is 3.71. The smallest absolute Gasteiger partial charge is 0.165 e. The SMILES string of the molecule is Cc1c(N)nc(-c2cnn(C)c2C)nc1-c1ccccc1. The maximum atomic E-state index is 6.07. The van der Waals surface area contributed by atoms with Gasteiger partial charge in [-0.2, -0.15) is 5.10 Å². The fourth-order valence-electron chi connectivity index (χ4n) is 2.25. The Hall–Kier alpha value is -2.69. The highest BCUT2D eigenvalue weighted by atomic mass is 15.3. The van der Waals surface area contributed by atoms with Crippen molar-refractivity contribution in [1.29, 1.82) is 0 Å². The number of nitrogens with two attached hydrogens (primary N) is 1. The van der Waals surface area contributed by atoms with Crippen molar-refractivity contribution in [3.8, 4) is 22.6 Å². The molecule has 3 aromatic rings. The number of hydrogen-bond acceptors (Lipinski definition) is 4. The number of benzene rings is 1. The lowest BCUT2D eigenvalue weighted by Gasteiger charge is -2.10. The van der Waals surface area contributed by atoms with Crippen LogP contribution in [0.1, 0.15) is 11.3 Å². The lowest BCUT2D eigenvalue weighted by atomic mass is 10.1. The fourth-order valence-corrected chi connectivity index (χ4v) is 2.25. The number of aryl methyl sites for hydroxylation is 1. The molecule has 0 saturated carbocycles. The highest BCUT2D eigenvalue weighted by Crippen LogP contribution is 2.28. The number of rotatable bonds is 2. The third-order valence-corrected chi connectivity index (χ3v) is 3.71. The third kappa shape index (κ3) is 2.27. The van der Waals surface area contributed by atoms with Crippen molar-refractivity contribution in [2.45, 2.75) is 13.8 Å². The molecule has 0 saturated heterocycles. The second-order valence-corrected chi connectivity index (χ2v) is 5.04. The Balaban J connectivity index is 2.21. The van der Waals surface area contributed by atoms with Crippen LogP contribution in [0.5, 0.6) is 0 Å². The Labute approximate surface area is 123 Å². The van der Waals surface area contributed by atoms with Crippen LogP contribution in [0, 0.1) is 13.8 Å². The van der Waals surface area contributed by atoms with Gasteiger partial charge in [0, 0.05) is 23.9 Å². The summed E-state index contributed by atoms with van der Waals surface area (Å²) < 4.78 is 1.80. The molecule has 1 aromatic carbocycles. The monoisotopic (exact) mass is 279 g/mol. The van der Waals surface area contributed by atoms with E-state index in [0.717, 1.165) is 28.1 Å². The van der Waals surface area contributed by atoms with Crippen LogP contribution >= 0.6 is 0 Å². The van der Waals surface area contributed by atoms with Crippen molar-refractivity contribution in [3.63, 3.8) is 0 Å². The fraction of sp³-hybridized carbons (Fsp3) is 0.188. The molecule has 2 aromatic heterocycles. The normalized spacial score (nSPS) is 10.8. The first-order valence-electron chi connectivity index (χ1n) is 6.76. The van der Waals surface area contributed by atoms with Crippen molar-refractivity contribution >= 4 is 5.82 Å². The maximum absolute atomic E-state index is 6.07. The Kier molecular flexibility index (Phi) is 3.17. The molecular formula is C16H17N5. The molecule has 0 spiro atoms. The molecule has 5 heteroatoms. The van der Waals surface area contributed by atoms with Crippen molar-refractivity contribution in [2.24, 2.45) is 7.05 Å². The molecule has 3 rings (SSSR count). The number of nitrogens with zero attached hydrogens (tertiary/aromatic N) is 4. The minimum Gasteiger partial charge on any atom is -0.383 e. The Morgan fingerprint density at radius 1 is 1.05 bits per heavy atom. The van der Waals surface area contributed by atoms with Crippen LogP contribution in [0.15, 0.2) is 36.5 Å². The average Bonchev–Trinajstić information content (AvgIpc) is 2.83. The summed E-state index contributed by atoms with van der Waals surface area (Å²) >= 11 is 0. The van der Waals surface area contributed by atoms with E-state index in [0.29, 0.717) is 11.6 Å². The van der Waals surface area contributed by atoms with E-state index >= 15 is 0 Å². The molecule has 2 heterocycles. The molecule has 0 aliphatic carbocycles. The average molecular weight is 279 g/mol. The Bertz CT molecular complexity index is 790. The highest BCUT2D eigenvalue weighted by Gasteiger charge is 2.15.